The third-order valence-corrected chi connectivity index (χ3v) is 3.32. The molecule has 0 aliphatic heterocycles. The van der Waals surface area contributed by atoms with Crippen molar-refractivity contribution in [2.75, 3.05) is 0 Å². The first kappa shape index (κ1) is 18.6. The second-order valence-electron chi connectivity index (χ2n) is 6.48. The molecule has 0 spiro atoms. The second-order valence-corrected chi connectivity index (χ2v) is 6.48. The van der Waals surface area contributed by atoms with Crippen LogP contribution in [-0.2, 0) is 10.9 Å². The van der Waals surface area contributed by atoms with Gasteiger partial charge in [0.1, 0.15) is 5.60 Å². The standard InChI is InChI=1S/C20H17F3O2/c1-5-13-6-11-16(17(12-13)20(21,22)23)14-7-9-15(10-8-14)18(24)25-19(2,3)4/h1,6-12H,2-4H3. The van der Waals surface area contributed by atoms with Gasteiger partial charge >= 0.3 is 12.1 Å². The van der Waals surface area contributed by atoms with E-state index in [1.807, 2.05) is 0 Å². The average Bonchev–Trinajstić information content (AvgIpc) is 2.52. The van der Waals surface area contributed by atoms with Gasteiger partial charge in [0.05, 0.1) is 11.1 Å². The number of carbonyl (C=O) groups excluding carboxylic acids is 1. The van der Waals surface area contributed by atoms with Crippen LogP contribution >= 0.6 is 0 Å². The van der Waals surface area contributed by atoms with Gasteiger partial charge in [0.15, 0.2) is 0 Å². The van der Waals surface area contributed by atoms with Crippen molar-refractivity contribution in [1.82, 2.24) is 0 Å². The van der Waals surface area contributed by atoms with E-state index < -0.39 is 23.3 Å². The number of carbonyl (C=O) groups is 1. The van der Waals surface area contributed by atoms with Crippen molar-refractivity contribution in [3.63, 3.8) is 0 Å². The lowest BCUT2D eigenvalue weighted by atomic mass is 9.96. The minimum Gasteiger partial charge on any atom is -0.456 e. The van der Waals surface area contributed by atoms with E-state index in [9.17, 15) is 18.0 Å². The lowest BCUT2D eigenvalue weighted by molar-refractivity contribution is -0.137. The Morgan fingerprint density at radius 1 is 1.04 bits per heavy atom. The Balaban J connectivity index is 2.41. The molecule has 2 nitrogen and oxygen atoms in total. The van der Waals surface area contributed by atoms with E-state index in [1.165, 1.54) is 36.4 Å². The highest BCUT2D eigenvalue weighted by Gasteiger charge is 2.34. The summed E-state index contributed by atoms with van der Waals surface area (Å²) in [7, 11) is 0. The number of terminal acetylenes is 1. The van der Waals surface area contributed by atoms with E-state index in [0.717, 1.165) is 6.07 Å². The zero-order valence-electron chi connectivity index (χ0n) is 14.1. The predicted octanol–water partition coefficient (Wildman–Crippen LogP) is 5.31. The van der Waals surface area contributed by atoms with Gasteiger partial charge in [-0.25, -0.2) is 4.79 Å². The first-order valence-electron chi connectivity index (χ1n) is 7.53. The summed E-state index contributed by atoms with van der Waals surface area (Å²) in [6.07, 6.45) is 0.650. The molecule has 0 fully saturated rings. The number of hydrogen-bond donors (Lipinski definition) is 0. The van der Waals surface area contributed by atoms with Crippen LogP contribution in [0.25, 0.3) is 11.1 Å². The molecule has 0 atom stereocenters. The van der Waals surface area contributed by atoms with Crippen LogP contribution in [0.2, 0.25) is 0 Å². The Morgan fingerprint density at radius 3 is 2.12 bits per heavy atom. The maximum Gasteiger partial charge on any atom is 0.417 e. The molecule has 2 aromatic rings. The normalized spacial score (nSPS) is 11.7. The number of ether oxygens (including phenoxy) is 1. The number of benzene rings is 2. The minimum atomic E-state index is -4.54. The van der Waals surface area contributed by atoms with E-state index in [-0.39, 0.29) is 16.7 Å². The van der Waals surface area contributed by atoms with Gasteiger partial charge in [-0.15, -0.1) is 6.42 Å². The molecule has 0 saturated heterocycles. The van der Waals surface area contributed by atoms with E-state index in [0.29, 0.717) is 5.56 Å². The van der Waals surface area contributed by atoms with E-state index in [4.69, 9.17) is 11.2 Å². The van der Waals surface area contributed by atoms with Crippen LogP contribution in [0.4, 0.5) is 13.2 Å². The van der Waals surface area contributed by atoms with Gasteiger partial charge < -0.3 is 4.74 Å². The van der Waals surface area contributed by atoms with Crippen LogP contribution in [0.15, 0.2) is 42.5 Å². The fourth-order valence-corrected chi connectivity index (χ4v) is 2.24. The van der Waals surface area contributed by atoms with Crippen LogP contribution < -0.4 is 0 Å². The molecule has 2 aromatic carbocycles. The molecular formula is C20H17F3O2. The molecule has 0 saturated carbocycles. The number of hydrogen-bond acceptors (Lipinski definition) is 2. The Labute approximate surface area is 144 Å². The largest absolute Gasteiger partial charge is 0.456 e. The topological polar surface area (TPSA) is 26.3 Å². The Kier molecular flexibility index (Phi) is 4.94. The molecule has 0 N–H and O–H groups in total. The summed E-state index contributed by atoms with van der Waals surface area (Å²) in [5.74, 6) is 1.67. The molecule has 0 aromatic heterocycles. The van der Waals surface area contributed by atoms with Crippen molar-refractivity contribution in [1.29, 1.82) is 0 Å². The fourth-order valence-electron chi connectivity index (χ4n) is 2.24. The van der Waals surface area contributed by atoms with Gasteiger partial charge in [0.2, 0.25) is 0 Å². The maximum absolute atomic E-state index is 13.3. The smallest absolute Gasteiger partial charge is 0.417 e. The van der Waals surface area contributed by atoms with Crippen molar-refractivity contribution in [2.24, 2.45) is 0 Å². The van der Waals surface area contributed by atoms with Crippen molar-refractivity contribution in [2.45, 2.75) is 32.5 Å². The Morgan fingerprint density at radius 2 is 1.64 bits per heavy atom. The minimum absolute atomic E-state index is 0.00207. The van der Waals surface area contributed by atoms with Gasteiger partial charge in [-0.3, -0.25) is 0 Å². The maximum atomic E-state index is 13.3. The fraction of sp³-hybridized carbons (Fsp3) is 0.250. The Bertz CT molecular complexity index is 820. The summed E-state index contributed by atoms with van der Waals surface area (Å²) in [5.41, 5.74) is -0.697. The predicted molar refractivity (Wildman–Crippen MR) is 90.0 cm³/mol. The molecule has 0 aliphatic carbocycles. The third kappa shape index (κ3) is 4.63. The number of esters is 1. The van der Waals surface area contributed by atoms with Crippen molar-refractivity contribution in [3.05, 3.63) is 59.2 Å². The first-order chi connectivity index (χ1) is 11.5. The third-order valence-electron chi connectivity index (χ3n) is 3.32. The van der Waals surface area contributed by atoms with Crippen LogP contribution in [0.3, 0.4) is 0 Å². The Hall–Kier alpha value is -2.74. The van der Waals surface area contributed by atoms with Gasteiger partial charge in [-0.1, -0.05) is 24.1 Å². The van der Waals surface area contributed by atoms with Crippen molar-refractivity contribution in [3.8, 4) is 23.5 Å². The summed E-state index contributed by atoms with van der Waals surface area (Å²) in [5, 5.41) is 0. The highest BCUT2D eigenvalue weighted by Crippen LogP contribution is 2.37. The van der Waals surface area contributed by atoms with Crippen LogP contribution in [0.1, 0.15) is 42.3 Å². The molecule has 2 rings (SSSR count). The molecule has 0 bridgehead atoms. The van der Waals surface area contributed by atoms with E-state index in [2.05, 4.69) is 5.92 Å². The molecule has 0 amide bonds. The summed E-state index contributed by atoms with van der Waals surface area (Å²) in [6.45, 7) is 5.21. The molecule has 0 aliphatic rings. The first-order valence-corrected chi connectivity index (χ1v) is 7.53. The number of alkyl halides is 3. The summed E-state index contributed by atoms with van der Waals surface area (Å²) < 4.78 is 45.1. The van der Waals surface area contributed by atoms with Crippen molar-refractivity contribution < 1.29 is 22.7 Å². The monoisotopic (exact) mass is 346 g/mol. The van der Waals surface area contributed by atoms with Gasteiger partial charge in [0, 0.05) is 5.56 Å². The van der Waals surface area contributed by atoms with Gasteiger partial charge in [0.25, 0.3) is 0 Å². The quantitative estimate of drug-likeness (QED) is 0.544. The molecule has 5 heteroatoms. The molecule has 130 valence electrons. The highest BCUT2D eigenvalue weighted by molar-refractivity contribution is 5.90. The summed E-state index contributed by atoms with van der Waals surface area (Å²) >= 11 is 0. The van der Waals surface area contributed by atoms with Gasteiger partial charge in [-0.05, 0) is 56.2 Å². The van der Waals surface area contributed by atoms with Crippen LogP contribution in [0.5, 0.6) is 0 Å². The second kappa shape index (κ2) is 6.64. The molecule has 25 heavy (non-hydrogen) atoms. The van der Waals surface area contributed by atoms with Crippen LogP contribution in [-0.4, -0.2) is 11.6 Å². The zero-order chi connectivity index (χ0) is 18.8. The lowest BCUT2D eigenvalue weighted by Gasteiger charge is -2.19. The molecular weight excluding hydrogens is 329 g/mol. The molecule has 0 radical (unpaired) electrons. The van der Waals surface area contributed by atoms with Gasteiger partial charge in [-0.2, -0.15) is 13.2 Å². The lowest BCUT2D eigenvalue weighted by Crippen LogP contribution is -2.23. The number of rotatable bonds is 2. The summed E-state index contributed by atoms with van der Waals surface area (Å²) in [6, 6.07) is 9.53. The zero-order valence-corrected chi connectivity index (χ0v) is 14.1. The number of halogens is 3. The SMILES string of the molecule is C#Cc1ccc(-c2ccc(C(=O)OC(C)(C)C)cc2)c(C(F)(F)F)c1. The molecule has 0 heterocycles. The highest BCUT2D eigenvalue weighted by atomic mass is 19.4. The summed E-state index contributed by atoms with van der Waals surface area (Å²) in [4.78, 5) is 12.0. The average molecular weight is 346 g/mol. The van der Waals surface area contributed by atoms with E-state index >= 15 is 0 Å². The van der Waals surface area contributed by atoms with Crippen molar-refractivity contribution >= 4 is 5.97 Å². The van der Waals surface area contributed by atoms with E-state index in [1.54, 1.807) is 20.8 Å². The molecule has 0 unspecified atom stereocenters. The van der Waals surface area contributed by atoms with Crippen LogP contribution in [0, 0.1) is 12.3 Å².